The standard InChI is InChI=1S/C9H15Cl/c1-8-4-3-7(5-8)6-9(8,2)10/h7H,3-6H2,1-2H3. The molecule has 3 atom stereocenters. The highest BCUT2D eigenvalue weighted by atomic mass is 35.5. The maximum atomic E-state index is 6.41. The minimum Gasteiger partial charge on any atom is -0.119 e. The summed E-state index contributed by atoms with van der Waals surface area (Å²) in [6, 6.07) is 0. The van der Waals surface area contributed by atoms with E-state index >= 15 is 0 Å². The Labute approximate surface area is 68.0 Å². The lowest BCUT2D eigenvalue weighted by atomic mass is 9.77. The molecule has 2 rings (SSSR count). The van der Waals surface area contributed by atoms with Gasteiger partial charge in [0, 0.05) is 4.87 Å². The van der Waals surface area contributed by atoms with E-state index in [-0.39, 0.29) is 4.87 Å². The van der Waals surface area contributed by atoms with Crippen LogP contribution in [0.4, 0.5) is 0 Å². The first-order valence-electron chi connectivity index (χ1n) is 4.22. The van der Waals surface area contributed by atoms with Gasteiger partial charge in [0.15, 0.2) is 0 Å². The largest absolute Gasteiger partial charge is 0.119 e. The first-order valence-corrected chi connectivity index (χ1v) is 4.60. The Hall–Kier alpha value is 0.290. The average Bonchev–Trinajstić information content (AvgIpc) is 2.18. The second-order valence-electron chi connectivity index (χ2n) is 4.57. The molecule has 0 spiro atoms. The van der Waals surface area contributed by atoms with Gasteiger partial charge in [-0.05, 0) is 43.9 Å². The van der Waals surface area contributed by atoms with Gasteiger partial charge in [0.05, 0.1) is 0 Å². The van der Waals surface area contributed by atoms with E-state index < -0.39 is 0 Å². The Bertz CT molecular complexity index is 160. The van der Waals surface area contributed by atoms with Crippen LogP contribution in [0.25, 0.3) is 0 Å². The molecule has 1 heteroatoms. The second-order valence-corrected chi connectivity index (χ2v) is 5.41. The van der Waals surface area contributed by atoms with Gasteiger partial charge in [0.1, 0.15) is 0 Å². The Morgan fingerprint density at radius 1 is 1.30 bits per heavy atom. The molecule has 2 fully saturated rings. The van der Waals surface area contributed by atoms with E-state index in [4.69, 9.17) is 11.6 Å². The predicted octanol–water partition coefficient (Wildman–Crippen LogP) is 3.19. The molecule has 0 amide bonds. The third kappa shape index (κ3) is 0.689. The van der Waals surface area contributed by atoms with Gasteiger partial charge in [-0.1, -0.05) is 6.92 Å². The summed E-state index contributed by atoms with van der Waals surface area (Å²) in [5.74, 6) is 0.951. The highest BCUT2D eigenvalue weighted by Crippen LogP contribution is 2.62. The second kappa shape index (κ2) is 1.72. The Balaban J connectivity index is 2.31. The monoisotopic (exact) mass is 158 g/mol. The maximum absolute atomic E-state index is 6.41. The van der Waals surface area contributed by atoms with E-state index in [0.717, 1.165) is 5.92 Å². The van der Waals surface area contributed by atoms with Crippen LogP contribution in [-0.2, 0) is 0 Å². The summed E-state index contributed by atoms with van der Waals surface area (Å²) in [6.07, 6.45) is 5.43. The van der Waals surface area contributed by atoms with Crippen molar-refractivity contribution in [3.05, 3.63) is 0 Å². The van der Waals surface area contributed by atoms with Crippen molar-refractivity contribution in [2.75, 3.05) is 0 Å². The third-order valence-electron chi connectivity index (χ3n) is 3.77. The van der Waals surface area contributed by atoms with Crippen molar-refractivity contribution in [3.8, 4) is 0 Å². The molecule has 2 saturated carbocycles. The Kier molecular flexibility index (Phi) is 1.20. The molecule has 2 aliphatic rings. The number of rotatable bonds is 0. The normalized spacial score (nSPS) is 59.7. The van der Waals surface area contributed by atoms with Gasteiger partial charge in [-0.25, -0.2) is 0 Å². The highest BCUT2D eigenvalue weighted by Gasteiger charge is 2.55. The quantitative estimate of drug-likeness (QED) is 0.475. The van der Waals surface area contributed by atoms with Crippen molar-refractivity contribution < 1.29 is 0 Å². The summed E-state index contributed by atoms with van der Waals surface area (Å²) in [6.45, 7) is 4.57. The summed E-state index contributed by atoms with van der Waals surface area (Å²) in [7, 11) is 0. The van der Waals surface area contributed by atoms with Gasteiger partial charge in [-0.3, -0.25) is 0 Å². The fourth-order valence-corrected chi connectivity index (χ4v) is 3.19. The summed E-state index contributed by atoms with van der Waals surface area (Å²) >= 11 is 6.41. The van der Waals surface area contributed by atoms with Crippen LogP contribution >= 0.6 is 11.6 Å². The SMILES string of the molecule is CC1(Cl)CC2CCC1(C)C2. The number of hydrogen-bond donors (Lipinski definition) is 0. The van der Waals surface area contributed by atoms with E-state index in [9.17, 15) is 0 Å². The van der Waals surface area contributed by atoms with Crippen molar-refractivity contribution in [1.29, 1.82) is 0 Å². The summed E-state index contributed by atoms with van der Waals surface area (Å²) in [4.78, 5) is 0.121. The van der Waals surface area contributed by atoms with Crippen molar-refractivity contribution in [2.45, 2.75) is 44.4 Å². The maximum Gasteiger partial charge on any atom is 0.0474 e. The molecular formula is C9H15Cl. The lowest BCUT2D eigenvalue weighted by molar-refractivity contribution is 0.256. The van der Waals surface area contributed by atoms with Crippen LogP contribution in [0.3, 0.4) is 0 Å². The average molecular weight is 159 g/mol. The van der Waals surface area contributed by atoms with Crippen LogP contribution in [0.2, 0.25) is 0 Å². The first-order chi connectivity index (χ1) is 4.54. The van der Waals surface area contributed by atoms with Gasteiger partial charge in [0.25, 0.3) is 0 Å². The van der Waals surface area contributed by atoms with Crippen LogP contribution in [0.15, 0.2) is 0 Å². The smallest absolute Gasteiger partial charge is 0.0474 e. The number of fused-ring (bicyclic) bond motifs is 2. The Morgan fingerprint density at radius 2 is 2.00 bits per heavy atom. The molecule has 0 heterocycles. The minimum absolute atomic E-state index is 0.121. The molecule has 2 bridgehead atoms. The van der Waals surface area contributed by atoms with Crippen molar-refractivity contribution in [2.24, 2.45) is 11.3 Å². The van der Waals surface area contributed by atoms with E-state index in [1.54, 1.807) is 0 Å². The lowest BCUT2D eigenvalue weighted by Gasteiger charge is -2.36. The fourth-order valence-electron chi connectivity index (χ4n) is 2.80. The summed E-state index contributed by atoms with van der Waals surface area (Å²) in [5.41, 5.74) is 0.471. The van der Waals surface area contributed by atoms with Gasteiger partial charge < -0.3 is 0 Å². The lowest BCUT2D eigenvalue weighted by Crippen LogP contribution is -2.34. The molecule has 0 N–H and O–H groups in total. The van der Waals surface area contributed by atoms with Crippen LogP contribution in [0.1, 0.15) is 39.5 Å². The predicted molar refractivity (Wildman–Crippen MR) is 44.3 cm³/mol. The van der Waals surface area contributed by atoms with Gasteiger partial charge in [-0.15, -0.1) is 11.6 Å². The van der Waals surface area contributed by atoms with Crippen molar-refractivity contribution in [1.82, 2.24) is 0 Å². The molecule has 10 heavy (non-hydrogen) atoms. The molecule has 2 aliphatic carbocycles. The number of halogens is 1. The van der Waals surface area contributed by atoms with E-state index in [1.165, 1.54) is 25.7 Å². The zero-order chi connectivity index (χ0) is 7.41. The number of alkyl halides is 1. The Morgan fingerprint density at radius 3 is 2.20 bits per heavy atom. The van der Waals surface area contributed by atoms with Crippen LogP contribution in [0.5, 0.6) is 0 Å². The molecule has 3 unspecified atom stereocenters. The molecule has 0 aromatic rings. The molecule has 0 aliphatic heterocycles. The van der Waals surface area contributed by atoms with Gasteiger partial charge >= 0.3 is 0 Å². The molecule has 0 aromatic heterocycles. The van der Waals surface area contributed by atoms with E-state index in [0.29, 0.717) is 5.41 Å². The number of hydrogen-bond acceptors (Lipinski definition) is 0. The summed E-state index contributed by atoms with van der Waals surface area (Å²) in [5, 5.41) is 0. The zero-order valence-electron chi connectivity index (χ0n) is 6.78. The topological polar surface area (TPSA) is 0 Å². The minimum atomic E-state index is 0.121. The molecule has 0 nitrogen and oxygen atoms in total. The van der Waals surface area contributed by atoms with Crippen molar-refractivity contribution in [3.63, 3.8) is 0 Å². The third-order valence-corrected chi connectivity index (χ3v) is 4.38. The molecule has 0 radical (unpaired) electrons. The zero-order valence-corrected chi connectivity index (χ0v) is 7.54. The fraction of sp³-hybridized carbons (Fsp3) is 1.00. The summed E-state index contributed by atoms with van der Waals surface area (Å²) < 4.78 is 0. The van der Waals surface area contributed by atoms with Gasteiger partial charge in [0.2, 0.25) is 0 Å². The molecule has 0 saturated heterocycles. The first kappa shape index (κ1) is 6.97. The molecule has 58 valence electrons. The molecular weight excluding hydrogens is 144 g/mol. The van der Waals surface area contributed by atoms with Gasteiger partial charge in [-0.2, -0.15) is 0 Å². The molecule has 0 aromatic carbocycles. The van der Waals surface area contributed by atoms with Crippen molar-refractivity contribution >= 4 is 11.6 Å². The van der Waals surface area contributed by atoms with Crippen LogP contribution in [0, 0.1) is 11.3 Å². The van der Waals surface area contributed by atoms with E-state index in [2.05, 4.69) is 13.8 Å². The van der Waals surface area contributed by atoms with Crippen LogP contribution < -0.4 is 0 Å². The van der Waals surface area contributed by atoms with E-state index in [1.807, 2.05) is 0 Å². The highest BCUT2D eigenvalue weighted by molar-refractivity contribution is 6.24. The van der Waals surface area contributed by atoms with Crippen LogP contribution in [-0.4, -0.2) is 4.87 Å².